The lowest BCUT2D eigenvalue weighted by atomic mass is 9.98. The highest BCUT2D eigenvalue weighted by Gasteiger charge is 2.12. The van der Waals surface area contributed by atoms with E-state index in [9.17, 15) is 0 Å². The number of nitrogens with one attached hydrogen (secondary N) is 1. The molecule has 0 aromatic rings. The predicted octanol–water partition coefficient (Wildman–Crippen LogP) is 2.41. The Morgan fingerprint density at radius 1 is 1.07 bits per heavy atom. The summed E-state index contributed by atoms with van der Waals surface area (Å²) in [5.41, 5.74) is 0. The second-order valence-corrected chi connectivity index (χ2v) is 4.16. The van der Waals surface area contributed by atoms with Gasteiger partial charge in [-0.3, -0.25) is 0 Å². The van der Waals surface area contributed by atoms with Crippen molar-refractivity contribution < 1.29 is 9.47 Å². The van der Waals surface area contributed by atoms with Gasteiger partial charge in [-0.25, -0.2) is 0 Å². The van der Waals surface area contributed by atoms with Gasteiger partial charge >= 0.3 is 0 Å². The van der Waals surface area contributed by atoms with Crippen molar-refractivity contribution >= 4 is 0 Å². The van der Waals surface area contributed by atoms with E-state index < -0.39 is 0 Å². The SMILES string of the molecule is CCC(C)CC(CC)NCC(OC)OC. The molecule has 0 aliphatic carbocycles. The molecule has 0 spiro atoms. The fourth-order valence-corrected chi connectivity index (χ4v) is 1.57. The Kier molecular flexibility index (Phi) is 9.06. The molecule has 0 aromatic heterocycles. The van der Waals surface area contributed by atoms with Crippen LogP contribution in [0.5, 0.6) is 0 Å². The first kappa shape index (κ1) is 14.9. The molecule has 0 aliphatic heterocycles. The number of ether oxygens (including phenoxy) is 2. The third-order valence-corrected chi connectivity index (χ3v) is 2.98. The second-order valence-electron chi connectivity index (χ2n) is 4.16. The minimum absolute atomic E-state index is 0.129. The maximum Gasteiger partial charge on any atom is 0.169 e. The van der Waals surface area contributed by atoms with E-state index in [0.717, 1.165) is 18.9 Å². The van der Waals surface area contributed by atoms with Crippen LogP contribution >= 0.6 is 0 Å². The molecule has 0 saturated heterocycles. The van der Waals surface area contributed by atoms with E-state index in [1.54, 1.807) is 14.2 Å². The number of hydrogen-bond donors (Lipinski definition) is 1. The van der Waals surface area contributed by atoms with Crippen LogP contribution in [0.25, 0.3) is 0 Å². The topological polar surface area (TPSA) is 30.5 Å². The van der Waals surface area contributed by atoms with Gasteiger partial charge in [0, 0.05) is 26.8 Å². The Balaban J connectivity index is 3.78. The molecule has 2 atom stereocenters. The molecule has 0 aromatic carbocycles. The Labute approximate surface area is 94.5 Å². The molecule has 0 heterocycles. The summed E-state index contributed by atoms with van der Waals surface area (Å²) in [6.45, 7) is 7.52. The van der Waals surface area contributed by atoms with Crippen LogP contribution in [0.1, 0.15) is 40.0 Å². The summed E-state index contributed by atoms with van der Waals surface area (Å²) in [6.07, 6.45) is 3.50. The Morgan fingerprint density at radius 3 is 2.07 bits per heavy atom. The summed E-state index contributed by atoms with van der Waals surface area (Å²) in [5.74, 6) is 0.783. The zero-order valence-electron chi connectivity index (χ0n) is 10.9. The first-order valence-electron chi connectivity index (χ1n) is 5.96. The predicted molar refractivity (Wildman–Crippen MR) is 64.0 cm³/mol. The average Bonchev–Trinajstić information content (AvgIpc) is 2.28. The van der Waals surface area contributed by atoms with E-state index in [2.05, 4.69) is 26.1 Å². The van der Waals surface area contributed by atoms with E-state index in [1.807, 2.05) is 0 Å². The third kappa shape index (κ3) is 6.88. The number of methoxy groups -OCH3 is 2. The van der Waals surface area contributed by atoms with E-state index >= 15 is 0 Å². The van der Waals surface area contributed by atoms with E-state index in [1.165, 1.54) is 12.8 Å². The molecule has 0 radical (unpaired) electrons. The molecule has 92 valence electrons. The van der Waals surface area contributed by atoms with Gasteiger partial charge in [-0.2, -0.15) is 0 Å². The molecule has 0 saturated carbocycles. The molecule has 3 nitrogen and oxygen atoms in total. The van der Waals surface area contributed by atoms with Crippen LogP contribution in [0.3, 0.4) is 0 Å². The standard InChI is InChI=1S/C12H27NO2/c1-6-10(3)8-11(7-2)13-9-12(14-4)15-5/h10-13H,6-9H2,1-5H3. The maximum absolute atomic E-state index is 5.14. The molecule has 0 aliphatic rings. The summed E-state index contributed by atoms with van der Waals surface area (Å²) < 4.78 is 10.3. The van der Waals surface area contributed by atoms with Gasteiger partial charge in [0.2, 0.25) is 0 Å². The summed E-state index contributed by atoms with van der Waals surface area (Å²) in [7, 11) is 3.34. The van der Waals surface area contributed by atoms with Crippen molar-refractivity contribution in [3.05, 3.63) is 0 Å². The summed E-state index contributed by atoms with van der Waals surface area (Å²) >= 11 is 0. The highest BCUT2D eigenvalue weighted by Crippen LogP contribution is 2.11. The van der Waals surface area contributed by atoms with Crippen molar-refractivity contribution in [2.24, 2.45) is 5.92 Å². The molecule has 15 heavy (non-hydrogen) atoms. The lowest BCUT2D eigenvalue weighted by Crippen LogP contribution is -2.37. The smallest absolute Gasteiger partial charge is 0.169 e. The quantitative estimate of drug-likeness (QED) is 0.602. The van der Waals surface area contributed by atoms with Gasteiger partial charge in [0.1, 0.15) is 0 Å². The zero-order valence-corrected chi connectivity index (χ0v) is 10.9. The number of hydrogen-bond acceptors (Lipinski definition) is 3. The Hall–Kier alpha value is -0.120. The first-order valence-corrected chi connectivity index (χ1v) is 5.96. The van der Waals surface area contributed by atoms with E-state index in [-0.39, 0.29) is 6.29 Å². The monoisotopic (exact) mass is 217 g/mol. The van der Waals surface area contributed by atoms with Crippen molar-refractivity contribution in [1.29, 1.82) is 0 Å². The molecule has 0 fully saturated rings. The van der Waals surface area contributed by atoms with Gasteiger partial charge in [0.05, 0.1) is 0 Å². The van der Waals surface area contributed by atoms with Crippen molar-refractivity contribution in [1.82, 2.24) is 5.32 Å². The van der Waals surface area contributed by atoms with Crippen molar-refractivity contribution in [2.75, 3.05) is 20.8 Å². The summed E-state index contributed by atoms with van der Waals surface area (Å²) in [6, 6.07) is 0.577. The van der Waals surface area contributed by atoms with E-state index in [0.29, 0.717) is 6.04 Å². The van der Waals surface area contributed by atoms with E-state index in [4.69, 9.17) is 9.47 Å². The fourth-order valence-electron chi connectivity index (χ4n) is 1.57. The minimum Gasteiger partial charge on any atom is -0.355 e. The second kappa shape index (κ2) is 9.13. The highest BCUT2D eigenvalue weighted by atomic mass is 16.7. The molecule has 3 heteroatoms. The van der Waals surface area contributed by atoms with Crippen molar-refractivity contribution in [2.45, 2.75) is 52.4 Å². The molecular formula is C12H27NO2. The lowest BCUT2D eigenvalue weighted by Gasteiger charge is -2.22. The van der Waals surface area contributed by atoms with Crippen LogP contribution in [-0.2, 0) is 9.47 Å². The Morgan fingerprint density at radius 2 is 1.67 bits per heavy atom. The number of rotatable bonds is 9. The van der Waals surface area contributed by atoms with Gasteiger partial charge in [0.15, 0.2) is 6.29 Å². The van der Waals surface area contributed by atoms with Crippen LogP contribution in [0, 0.1) is 5.92 Å². The molecule has 0 bridgehead atoms. The average molecular weight is 217 g/mol. The molecule has 0 rings (SSSR count). The largest absolute Gasteiger partial charge is 0.355 e. The van der Waals surface area contributed by atoms with Gasteiger partial charge in [0.25, 0.3) is 0 Å². The zero-order chi connectivity index (χ0) is 11.7. The molecule has 0 amide bonds. The summed E-state index contributed by atoms with van der Waals surface area (Å²) in [4.78, 5) is 0. The van der Waals surface area contributed by atoms with Crippen LogP contribution < -0.4 is 5.32 Å². The normalized spacial score (nSPS) is 15.6. The van der Waals surface area contributed by atoms with Gasteiger partial charge in [-0.05, 0) is 18.8 Å². The first-order chi connectivity index (χ1) is 7.17. The maximum atomic E-state index is 5.14. The minimum atomic E-state index is -0.129. The van der Waals surface area contributed by atoms with Crippen LogP contribution in [0.4, 0.5) is 0 Å². The molecule has 2 unspecified atom stereocenters. The van der Waals surface area contributed by atoms with Gasteiger partial charge < -0.3 is 14.8 Å². The fraction of sp³-hybridized carbons (Fsp3) is 1.00. The van der Waals surface area contributed by atoms with Crippen LogP contribution in [0.15, 0.2) is 0 Å². The summed E-state index contributed by atoms with van der Waals surface area (Å²) in [5, 5.41) is 3.49. The van der Waals surface area contributed by atoms with Crippen LogP contribution in [-0.4, -0.2) is 33.1 Å². The molecule has 1 N–H and O–H groups in total. The third-order valence-electron chi connectivity index (χ3n) is 2.98. The van der Waals surface area contributed by atoms with Gasteiger partial charge in [-0.15, -0.1) is 0 Å². The van der Waals surface area contributed by atoms with Crippen molar-refractivity contribution in [3.63, 3.8) is 0 Å². The Bertz CT molecular complexity index is 138. The highest BCUT2D eigenvalue weighted by molar-refractivity contribution is 4.68. The van der Waals surface area contributed by atoms with Crippen LogP contribution in [0.2, 0.25) is 0 Å². The lowest BCUT2D eigenvalue weighted by molar-refractivity contribution is -0.100. The molecular weight excluding hydrogens is 190 g/mol. The van der Waals surface area contributed by atoms with Crippen molar-refractivity contribution in [3.8, 4) is 0 Å². The van der Waals surface area contributed by atoms with Gasteiger partial charge in [-0.1, -0.05) is 27.2 Å².